The summed E-state index contributed by atoms with van der Waals surface area (Å²) < 4.78 is 5.85. The average Bonchev–Trinajstić information content (AvgIpc) is 3.09. The molecule has 28 heavy (non-hydrogen) atoms. The average molecular weight is 372 g/mol. The number of hydrogen-bond acceptors (Lipinski definition) is 5. The molecule has 1 N–H and O–H groups in total. The lowest BCUT2D eigenvalue weighted by Crippen LogP contribution is -2.43. The minimum atomic E-state index is -0.278. The number of nitriles is 1. The Morgan fingerprint density at radius 2 is 1.89 bits per heavy atom. The van der Waals surface area contributed by atoms with Crippen LogP contribution in [0.4, 0.5) is 17.1 Å². The Hall–Kier alpha value is -3.10. The molecule has 1 fully saturated rings. The first kappa shape index (κ1) is 18.3. The van der Waals surface area contributed by atoms with Crippen molar-refractivity contribution in [2.45, 2.75) is 32.4 Å². The van der Waals surface area contributed by atoms with Crippen LogP contribution in [-0.4, -0.2) is 24.4 Å². The summed E-state index contributed by atoms with van der Waals surface area (Å²) in [6, 6.07) is 18.0. The molecule has 142 valence electrons. The number of anilines is 3. The van der Waals surface area contributed by atoms with E-state index in [4.69, 9.17) is 15.0 Å². The summed E-state index contributed by atoms with van der Waals surface area (Å²) >= 11 is 0. The Balaban J connectivity index is 1.71. The maximum atomic E-state index is 8.94. The smallest absolute Gasteiger partial charge is 0.137 e. The summed E-state index contributed by atoms with van der Waals surface area (Å²) in [6.07, 6.45) is 2.14. The van der Waals surface area contributed by atoms with Gasteiger partial charge in [0.15, 0.2) is 0 Å². The highest BCUT2D eigenvalue weighted by Crippen LogP contribution is 2.39. The van der Waals surface area contributed by atoms with E-state index in [0.29, 0.717) is 5.56 Å². The summed E-state index contributed by atoms with van der Waals surface area (Å²) in [5.41, 5.74) is 5.41. The molecule has 2 aromatic carbocycles. The normalized spacial score (nSPS) is 19.0. The van der Waals surface area contributed by atoms with Gasteiger partial charge in [-0.2, -0.15) is 5.26 Å². The summed E-state index contributed by atoms with van der Waals surface area (Å²) in [5.74, 6) is 0. The van der Waals surface area contributed by atoms with E-state index in [1.807, 2.05) is 31.2 Å². The topological polar surface area (TPSA) is 61.2 Å². The van der Waals surface area contributed by atoms with Crippen molar-refractivity contribution >= 4 is 28.0 Å². The molecule has 1 aliphatic heterocycles. The summed E-state index contributed by atoms with van der Waals surface area (Å²) in [5, 5.41) is 13.5. The highest BCUT2D eigenvalue weighted by Gasteiger charge is 2.37. The lowest BCUT2D eigenvalue weighted by molar-refractivity contribution is 0.0157. The van der Waals surface area contributed by atoms with E-state index in [2.05, 4.69) is 47.5 Å². The van der Waals surface area contributed by atoms with Gasteiger partial charge >= 0.3 is 0 Å². The van der Waals surface area contributed by atoms with Crippen LogP contribution in [0.3, 0.4) is 0 Å². The minimum absolute atomic E-state index is 0.278. The van der Waals surface area contributed by atoms with Crippen LogP contribution < -0.4 is 10.2 Å². The largest absolute Gasteiger partial charge is 0.359 e. The van der Waals surface area contributed by atoms with E-state index in [1.165, 1.54) is 5.69 Å². The second kappa shape index (κ2) is 7.14. The first-order valence-corrected chi connectivity index (χ1v) is 9.54. The standard InChI is InChI=1S/C23H24N4O/c1-16-13-22(27-12-4-11-23(27,2)28-3)20-10-9-19(14-21(20)25-16)26-18-7-5-17(15-24)6-8-18/h5-10,13-14,26H,4,11-12H2,1-3H3. The molecule has 0 radical (unpaired) electrons. The Kier molecular flexibility index (Phi) is 4.66. The number of aryl methyl sites for hydroxylation is 1. The van der Waals surface area contributed by atoms with Gasteiger partial charge in [0.25, 0.3) is 0 Å². The number of nitrogens with zero attached hydrogens (tertiary/aromatic N) is 3. The van der Waals surface area contributed by atoms with Crippen LogP contribution in [-0.2, 0) is 4.74 Å². The van der Waals surface area contributed by atoms with Gasteiger partial charge in [0.05, 0.1) is 22.8 Å². The third-order valence-corrected chi connectivity index (χ3v) is 5.54. The summed E-state index contributed by atoms with van der Waals surface area (Å²) in [6.45, 7) is 5.17. The van der Waals surface area contributed by atoms with Gasteiger partial charge in [0.2, 0.25) is 0 Å². The van der Waals surface area contributed by atoms with Crippen LogP contribution >= 0.6 is 0 Å². The molecule has 1 saturated heterocycles. The molecule has 1 aliphatic rings. The Morgan fingerprint density at radius 1 is 1.14 bits per heavy atom. The summed E-state index contributed by atoms with van der Waals surface area (Å²) in [4.78, 5) is 7.12. The molecule has 2 heterocycles. The fourth-order valence-corrected chi connectivity index (χ4v) is 3.96. The van der Waals surface area contributed by atoms with Crippen LogP contribution in [0.15, 0.2) is 48.5 Å². The quantitative estimate of drug-likeness (QED) is 0.689. The number of rotatable bonds is 4. The zero-order valence-electron chi connectivity index (χ0n) is 16.5. The van der Waals surface area contributed by atoms with Crippen LogP contribution in [0.1, 0.15) is 31.0 Å². The van der Waals surface area contributed by atoms with Crippen molar-refractivity contribution in [3.05, 3.63) is 59.8 Å². The molecular formula is C23H24N4O. The first-order valence-electron chi connectivity index (χ1n) is 9.54. The SMILES string of the molecule is COC1(C)CCCN1c1cc(C)nc2cc(Nc3ccc(C#N)cc3)ccc12. The fraction of sp³-hybridized carbons (Fsp3) is 0.304. The van der Waals surface area contributed by atoms with E-state index < -0.39 is 0 Å². The molecule has 1 aromatic heterocycles. The number of benzene rings is 2. The second-order valence-electron chi connectivity index (χ2n) is 7.46. The Labute approximate surface area is 165 Å². The molecule has 0 amide bonds. The van der Waals surface area contributed by atoms with Gasteiger partial charge < -0.3 is 15.0 Å². The van der Waals surface area contributed by atoms with Gasteiger partial charge in [-0.3, -0.25) is 4.98 Å². The lowest BCUT2D eigenvalue weighted by Gasteiger charge is -2.36. The lowest BCUT2D eigenvalue weighted by atomic mass is 10.1. The maximum Gasteiger partial charge on any atom is 0.137 e. The molecule has 0 spiro atoms. The van der Waals surface area contributed by atoms with Gasteiger partial charge in [-0.1, -0.05) is 0 Å². The number of pyridine rings is 1. The van der Waals surface area contributed by atoms with Crippen LogP contribution in [0.2, 0.25) is 0 Å². The van der Waals surface area contributed by atoms with Crippen molar-refractivity contribution in [3.63, 3.8) is 0 Å². The monoisotopic (exact) mass is 372 g/mol. The predicted molar refractivity (Wildman–Crippen MR) is 113 cm³/mol. The zero-order chi connectivity index (χ0) is 19.7. The third-order valence-electron chi connectivity index (χ3n) is 5.54. The van der Waals surface area contributed by atoms with Gasteiger partial charge in [-0.15, -0.1) is 0 Å². The van der Waals surface area contributed by atoms with E-state index in [0.717, 1.165) is 47.4 Å². The minimum Gasteiger partial charge on any atom is -0.359 e. The Morgan fingerprint density at radius 3 is 2.61 bits per heavy atom. The van der Waals surface area contributed by atoms with Crippen LogP contribution in [0.25, 0.3) is 10.9 Å². The molecule has 1 atom stereocenters. The van der Waals surface area contributed by atoms with Crippen molar-refractivity contribution in [3.8, 4) is 6.07 Å². The zero-order valence-corrected chi connectivity index (χ0v) is 16.5. The molecule has 5 heteroatoms. The highest BCUT2D eigenvalue weighted by atomic mass is 16.5. The number of ether oxygens (including phenoxy) is 1. The maximum absolute atomic E-state index is 8.94. The Bertz CT molecular complexity index is 1050. The number of fused-ring (bicyclic) bond motifs is 1. The van der Waals surface area contributed by atoms with Crippen molar-refractivity contribution in [2.75, 3.05) is 23.9 Å². The van der Waals surface area contributed by atoms with E-state index in [-0.39, 0.29) is 5.72 Å². The summed E-state index contributed by atoms with van der Waals surface area (Å²) in [7, 11) is 1.79. The molecule has 0 aliphatic carbocycles. The van der Waals surface area contributed by atoms with Crippen LogP contribution in [0.5, 0.6) is 0 Å². The number of nitrogens with one attached hydrogen (secondary N) is 1. The van der Waals surface area contributed by atoms with E-state index in [1.54, 1.807) is 7.11 Å². The molecule has 3 aromatic rings. The second-order valence-corrected chi connectivity index (χ2v) is 7.46. The molecule has 5 nitrogen and oxygen atoms in total. The molecular weight excluding hydrogens is 348 g/mol. The van der Waals surface area contributed by atoms with Gasteiger partial charge in [-0.25, -0.2) is 0 Å². The number of aromatic nitrogens is 1. The van der Waals surface area contributed by atoms with Gasteiger partial charge in [-0.05, 0) is 75.2 Å². The van der Waals surface area contributed by atoms with E-state index in [9.17, 15) is 0 Å². The number of methoxy groups -OCH3 is 1. The molecule has 0 bridgehead atoms. The van der Waals surface area contributed by atoms with Gasteiger partial charge in [0, 0.05) is 36.1 Å². The number of hydrogen-bond donors (Lipinski definition) is 1. The molecule has 1 unspecified atom stereocenters. The molecule has 0 saturated carbocycles. The van der Waals surface area contributed by atoms with Gasteiger partial charge in [0.1, 0.15) is 5.72 Å². The predicted octanol–water partition coefficient (Wildman–Crippen LogP) is 5.12. The van der Waals surface area contributed by atoms with Crippen molar-refractivity contribution < 1.29 is 4.74 Å². The van der Waals surface area contributed by atoms with Crippen LogP contribution in [0, 0.1) is 18.3 Å². The van der Waals surface area contributed by atoms with E-state index >= 15 is 0 Å². The van der Waals surface area contributed by atoms with Crippen molar-refractivity contribution in [1.82, 2.24) is 4.98 Å². The highest BCUT2D eigenvalue weighted by molar-refractivity contribution is 5.94. The molecule has 4 rings (SSSR count). The third kappa shape index (κ3) is 3.28. The van der Waals surface area contributed by atoms with Crippen molar-refractivity contribution in [1.29, 1.82) is 5.26 Å². The fourth-order valence-electron chi connectivity index (χ4n) is 3.96. The van der Waals surface area contributed by atoms with Crippen molar-refractivity contribution in [2.24, 2.45) is 0 Å². The first-order chi connectivity index (χ1) is 13.5.